The number of hydrogen-bond donors (Lipinski definition) is 1. The van der Waals surface area contributed by atoms with Crippen LogP contribution in [-0.4, -0.2) is 0 Å². The highest BCUT2D eigenvalue weighted by Gasteiger charge is 2.05. The first-order chi connectivity index (χ1) is 7.16. The smallest absolute Gasteiger partial charge is 0.0346 e. The van der Waals surface area contributed by atoms with E-state index in [2.05, 4.69) is 32.0 Å². The Bertz CT molecular complexity index is 457. The molecule has 1 heterocycles. The van der Waals surface area contributed by atoms with Gasteiger partial charge in [0.15, 0.2) is 0 Å². The topological polar surface area (TPSA) is 26.0 Å². The molecule has 1 nitrogen and oxygen atoms in total. The normalized spacial score (nSPS) is 10.9. The summed E-state index contributed by atoms with van der Waals surface area (Å²) in [6, 6.07) is 12.4. The maximum atomic E-state index is 5.77. The molecule has 0 atom stereocenters. The van der Waals surface area contributed by atoms with Crippen molar-refractivity contribution in [2.75, 3.05) is 5.73 Å². The average molecular weight is 217 g/mol. The molecular formula is C13H15NS. The molecule has 2 heteroatoms. The van der Waals surface area contributed by atoms with Crippen molar-refractivity contribution in [3.8, 4) is 10.4 Å². The highest BCUT2D eigenvalue weighted by Crippen LogP contribution is 2.32. The van der Waals surface area contributed by atoms with Crippen molar-refractivity contribution in [3.63, 3.8) is 0 Å². The van der Waals surface area contributed by atoms with Gasteiger partial charge in [0, 0.05) is 15.4 Å². The summed E-state index contributed by atoms with van der Waals surface area (Å²) in [7, 11) is 0. The third-order valence-corrected chi connectivity index (χ3v) is 3.80. The summed E-state index contributed by atoms with van der Waals surface area (Å²) >= 11 is 1.85. The number of anilines is 1. The summed E-state index contributed by atoms with van der Waals surface area (Å²) in [5, 5.41) is 0. The van der Waals surface area contributed by atoms with Crippen LogP contribution in [0.5, 0.6) is 0 Å². The lowest BCUT2D eigenvalue weighted by Gasteiger charge is -2.00. The van der Waals surface area contributed by atoms with Gasteiger partial charge in [-0.05, 0) is 35.7 Å². The van der Waals surface area contributed by atoms with E-state index in [9.17, 15) is 0 Å². The molecular weight excluding hydrogens is 202 g/mol. The van der Waals surface area contributed by atoms with Crippen LogP contribution in [0.25, 0.3) is 10.4 Å². The van der Waals surface area contributed by atoms with Crippen LogP contribution in [0.3, 0.4) is 0 Å². The van der Waals surface area contributed by atoms with Crippen LogP contribution in [-0.2, 0) is 0 Å². The fourth-order valence-electron chi connectivity index (χ4n) is 1.51. The molecule has 0 bridgehead atoms. The third kappa shape index (κ3) is 2.21. The van der Waals surface area contributed by atoms with E-state index in [4.69, 9.17) is 5.73 Å². The first kappa shape index (κ1) is 10.2. The van der Waals surface area contributed by atoms with E-state index in [0.29, 0.717) is 5.92 Å². The zero-order valence-corrected chi connectivity index (χ0v) is 9.84. The second kappa shape index (κ2) is 4.07. The van der Waals surface area contributed by atoms with Crippen LogP contribution in [0.1, 0.15) is 24.6 Å². The first-order valence-electron chi connectivity index (χ1n) is 5.12. The monoisotopic (exact) mass is 217 g/mol. The molecule has 0 radical (unpaired) electrons. The zero-order chi connectivity index (χ0) is 10.8. The average Bonchev–Trinajstić information content (AvgIpc) is 2.66. The number of nitrogen functional groups attached to an aromatic ring is 1. The van der Waals surface area contributed by atoms with Crippen LogP contribution < -0.4 is 5.73 Å². The van der Waals surface area contributed by atoms with Crippen molar-refractivity contribution in [1.82, 2.24) is 0 Å². The summed E-state index contributed by atoms with van der Waals surface area (Å²) in [6.45, 7) is 4.43. The fourth-order valence-corrected chi connectivity index (χ4v) is 2.52. The summed E-state index contributed by atoms with van der Waals surface area (Å²) in [5.41, 5.74) is 7.81. The Labute approximate surface area is 94.6 Å². The quantitative estimate of drug-likeness (QED) is 0.752. The molecule has 0 amide bonds. The van der Waals surface area contributed by atoms with Crippen molar-refractivity contribution in [1.29, 1.82) is 0 Å². The van der Waals surface area contributed by atoms with E-state index in [-0.39, 0.29) is 0 Å². The maximum Gasteiger partial charge on any atom is 0.0346 e. The summed E-state index contributed by atoms with van der Waals surface area (Å²) in [6.07, 6.45) is 0. The Morgan fingerprint density at radius 2 is 1.93 bits per heavy atom. The van der Waals surface area contributed by atoms with Crippen LogP contribution in [0.4, 0.5) is 5.69 Å². The molecule has 0 aliphatic carbocycles. The minimum Gasteiger partial charge on any atom is -0.399 e. The predicted molar refractivity (Wildman–Crippen MR) is 68.3 cm³/mol. The van der Waals surface area contributed by atoms with E-state index in [1.54, 1.807) is 0 Å². The van der Waals surface area contributed by atoms with Gasteiger partial charge in [-0.15, -0.1) is 11.3 Å². The summed E-state index contributed by atoms with van der Waals surface area (Å²) in [4.78, 5) is 2.72. The minimum absolute atomic E-state index is 0.602. The number of rotatable bonds is 2. The molecule has 0 unspecified atom stereocenters. The Kier molecular flexibility index (Phi) is 2.78. The number of hydrogen-bond acceptors (Lipinski definition) is 2. The molecule has 2 N–H and O–H groups in total. The van der Waals surface area contributed by atoms with Crippen LogP contribution in [0, 0.1) is 0 Å². The number of thiophene rings is 1. The number of benzene rings is 1. The fraction of sp³-hybridized carbons (Fsp3) is 0.231. The Hall–Kier alpha value is -1.28. The Morgan fingerprint density at radius 3 is 2.53 bits per heavy atom. The van der Waals surface area contributed by atoms with Crippen molar-refractivity contribution in [3.05, 3.63) is 41.3 Å². The molecule has 0 aliphatic heterocycles. The molecule has 15 heavy (non-hydrogen) atoms. The van der Waals surface area contributed by atoms with E-state index < -0.39 is 0 Å². The molecule has 1 aromatic heterocycles. The van der Waals surface area contributed by atoms with Gasteiger partial charge in [-0.1, -0.05) is 26.0 Å². The number of nitrogens with two attached hydrogens (primary N) is 1. The van der Waals surface area contributed by atoms with E-state index >= 15 is 0 Å². The van der Waals surface area contributed by atoms with Crippen molar-refractivity contribution in [2.24, 2.45) is 0 Å². The molecule has 0 aliphatic rings. The molecule has 0 saturated heterocycles. The maximum absolute atomic E-state index is 5.77. The van der Waals surface area contributed by atoms with Gasteiger partial charge in [0.2, 0.25) is 0 Å². The second-order valence-electron chi connectivity index (χ2n) is 3.98. The lowest BCUT2D eigenvalue weighted by molar-refractivity contribution is 0.890. The predicted octanol–water partition coefficient (Wildman–Crippen LogP) is 4.12. The van der Waals surface area contributed by atoms with Gasteiger partial charge in [-0.3, -0.25) is 0 Å². The standard InChI is InChI=1S/C13H15NS/c1-9(2)12-6-7-13(15-12)10-4-3-5-11(14)8-10/h3-9H,14H2,1-2H3. The highest BCUT2D eigenvalue weighted by molar-refractivity contribution is 7.15. The van der Waals surface area contributed by atoms with Gasteiger partial charge >= 0.3 is 0 Å². The van der Waals surface area contributed by atoms with E-state index in [1.165, 1.54) is 15.3 Å². The summed E-state index contributed by atoms with van der Waals surface area (Å²) in [5.74, 6) is 0.602. The molecule has 2 aromatic rings. The largest absolute Gasteiger partial charge is 0.399 e. The van der Waals surface area contributed by atoms with Crippen LogP contribution in [0.2, 0.25) is 0 Å². The molecule has 78 valence electrons. The first-order valence-corrected chi connectivity index (χ1v) is 5.94. The lowest BCUT2D eigenvalue weighted by atomic mass is 10.1. The SMILES string of the molecule is CC(C)c1ccc(-c2cccc(N)c2)s1. The minimum atomic E-state index is 0.602. The molecule has 0 spiro atoms. The van der Waals surface area contributed by atoms with Crippen LogP contribution >= 0.6 is 11.3 Å². The third-order valence-electron chi connectivity index (χ3n) is 2.37. The van der Waals surface area contributed by atoms with Gasteiger partial charge in [0.25, 0.3) is 0 Å². The molecule has 1 aromatic carbocycles. The van der Waals surface area contributed by atoms with Gasteiger partial charge in [0.1, 0.15) is 0 Å². The van der Waals surface area contributed by atoms with Gasteiger partial charge in [-0.2, -0.15) is 0 Å². The summed E-state index contributed by atoms with van der Waals surface area (Å²) < 4.78 is 0. The van der Waals surface area contributed by atoms with Crippen molar-refractivity contribution < 1.29 is 0 Å². The zero-order valence-electron chi connectivity index (χ0n) is 9.03. The Morgan fingerprint density at radius 1 is 1.13 bits per heavy atom. The van der Waals surface area contributed by atoms with Gasteiger partial charge in [-0.25, -0.2) is 0 Å². The van der Waals surface area contributed by atoms with Crippen molar-refractivity contribution in [2.45, 2.75) is 19.8 Å². The molecule has 0 fully saturated rings. The Balaban J connectivity index is 2.37. The van der Waals surface area contributed by atoms with E-state index in [0.717, 1.165) is 5.69 Å². The van der Waals surface area contributed by atoms with Crippen LogP contribution in [0.15, 0.2) is 36.4 Å². The molecule has 0 saturated carbocycles. The van der Waals surface area contributed by atoms with Gasteiger partial charge in [0.05, 0.1) is 0 Å². The van der Waals surface area contributed by atoms with Gasteiger partial charge < -0.3 is 5.73 Å². The lowest BCUT2D eigenvalue weighted by Crippen LogP contribution is -1.83. The van der Waals surface area contributed by atoms with E-state index in [1.807, 2.05) is 29.5 Å². The molecule has 2 rings (SSSR count). The highest BCUT2D eigenvalue weighted by atomic mass is 32.1. The second-order valence-corrected chi connectivity index (χ2v) is 5.10. The van der Waals surface area contributed by atoms with Crippen molar-refractivity contribution >= 4 is 17.0 Å².